The summed E-state index contributed by atoms with van der Waals surface area (Å²) in [5, 5.41) is 12.0. The van der Waals surface area contributed by atoms with Crippen molar-refractivity contribution in [2.45, 2.75) is 24.3 Å². The first-order valence-corrected chi connectivity index (χ1v) is 7.39. The van der Waals surface area contributed by atoms with Gasteiger partial charge in [-0.1, -0.05) is 0 Å². The molecule has 0 bridgehead atoms. The summed E-state index contributed by atoms with van der Waals surface area (Å²) in [6.45, 7) is 1.85. The highest BCUT2D eigenvalue weighted by atomic mass is 32.2. The molecule has 2 rings (SSSR count). The summed E-state index contributed by atoms with van der Waals surface area (Å²) in [6.07, 6.45) is -0.128. The molecule has 0 spiro atoms. The van der Waals surface area contributed by atoms with E-state index in [0.717, 1.165) is 0 Å². The van der Waals surface area contributed by atoms with Gasteiger partial charge in [-0.05, 0) is 30.7 Å². The fraction of sp³-hybridized carbons (Fsp3) is 0.417. The average Bonchev–Trinajstić information content (AvgIpc) is 2.76. The first-order valence-electron chi connectivity index (χ1n) is 5.95. The van der Waals surface area contributed by atoms with Crippen molar-refractivity contribution < 1.29 is 18.3 Å². The monoisotopic (exact) mass is 284 g/mol. The Hall–Kier alpha value is -1.44. The Labute approximate surface area is 112 Å². The molecule has 0 saturated carbocycles. The van der Waals surface area contributed by atoms with Crippen LogP contribution in [0.1, 0.15) is 13.3 Å². The molecule has 7 heteroatoms. The maximum Gasteiger partial charge on any atom is 0.243 e. The first kappa shape index (κ1) is 14.0. The van der Waals surface area contributed by atoms with Gasteiger partial charge in [0.05, 0.1) is 11.0 Å². The molecule has 1 heterocycles. The highest BCUT2D eigenvalue weighted by molar-refractivity contribution is 7.89. The number of nitrogens with zero attached hydrogens (tertiary/aromatic N) is 1. The number of amides is 1. The minimum atomic E-state index is -3.56. The van der Waals surface area contributed by atoms with Crippen LogP contribution in [0.3, 0.4) is 0 Å². The van der Waals surface area contributed by atoms with Crippen molar-refractivity contribution >= 4 is 21.6 Å². The van der Waals surface area contributed by atoms with Gasteiger partial charge in [-0.2, -0.15) is 4.31 Å². The van der Waals surface area contributed by atoms with Crippen LogP contribution in [0, 0.1) is 0 Å². The summed E-state index contributed by atoms with van der Waals surface area (Å²) >= 11 is 0. The number of hydrogen-bond acceptors (Lipinski definition) is 4. The minimum Gasteiger partial charge on any atom is -0.392 e. The van der Waals surface area contributed by atoms with Crippen LogP contribution in [0.2, 0.25) is 0 Å². The Morgan fingerprint density at radius 3 is 2.47 bits per heavy atom. The van der Waals surface area contributed by atoms with E-state index < -0.39 is 16.1 Å². The lowest BCUT2D eigenvalue weighted by atomic mass is 10.3. The summed E-state index contributed by atoms with van der Waals surface area (Å²) in [6, 6.07) is 5.98. The van der Waals surface area contributed by atoms with E-state index in [1.54, 1.807) is 12.1 Å². The van der Waals surface area contributed by atoms with Crippen molar-refractivity contribution in [2.75, 3.05) is 18.4 Å². The second-order valence-corrected chi connectivity index (χ2v) is 6.45. The molecule has 1 saturated heterocycles. The van der Waals surface area contributed by atoms with E-state index in [0.29, 0.717) is 18.7 Å². The van der Waals surface area contributed by atoms with Crippen molar-refractivity contribution in [1.29, 1.82) is 0 Å². The van der Waals surface area contributed by atoms with E-state index in [4.69, 9.17) is 0 Å². The Kier molecular flexibility index (Phi) is 3.88. The molecule has 2 N–H and O–H groups in total. The number of anilines is 1. The van der Waals surface area contributed by atoms with Crippen LogP contribution in [-0.2, 0) is 14.8 Å². The van der Waals surface area contributed by atoms with Crippen LogP contribution in [0.4, 0.5) is 5.69 Å². The Morgan fingerprint density at radius 2 is 2.00 bits per heavy atom. The molecule has 0 aromatic heterocycles. The number of β-amino-alcohol motifs (C(OH)–C–C–N with tert-alkyl or cyclic N) is 1. The number of rotatable bonds is 3. The van der Waals surface area contributed by atoms with E-state index >= 15 is 0 Å². The van der Waals surface area contributed by atoms with Crippen LogP contribution in [0.5, 0.6) is 0 Å². The maximum atomic E-state index is 12.2. The molecular weight excluding hydrogens is 268 g/mol. The van der Waals surface area contributed by atoms with Gasteiger partial charge in [-0.15, -0.1) is 0 Å². The van der Waals surface area contributed by atoms with Gasteiger partial charge in [0, 0.05) is 25.7 Å². The van der Waals surface area contributed by atoms with Crippen LogP contribution >= 0.6 is 0 Å². The highest BCUT2D eigenvalue weighted by Crippen LogP contribution is 2.22. The molecular formula is C12H16N2O4S. The number of hydrogen-bond donors (Lipinski definition) is 2. The third-order valence-electron chi connectivity index (χ3n) is 2.94. The van der Waals surface area contributed by atoms with Gasteiger partial charge in [0.2, 0.25) is 15.9 Å². The predicted molar refractivity (Wildman–Crippen MR) is 70.1 cm³/mol. The molecule has 1 aromatic rings. The van der Waals surface area contributed by atoms with Crippen molar-refractivity contribution in [1.82, 2.24) is 4.31 Å². The average molecular weight is 284 g/mol. The molecule has 1 atom stereocenters. The molecule has 1 aromatic carbocycles. The van der Waals surface area contributed by atoms with Gasteiger partial charge in [0.1, 0.15) is 0 Å². The number of aliphatic hydroxyl groups excluding tert-OH is 1. The Morgan fingerprint density at radius 1 is 1.37 bits per heavy atom. The third-order valence-corrected chi connectivity index (χ3v) is 4.82. The van der Waals surface area contributed by atoms with Crippen molar-refractivity contribution in [3.63, 3.8) is 0 Å². The standard InChI is InChI=1S/C12H16N2O4S/c1-9(15)13-10-2-4-12(5-3-10)19(17,18)14-7-6-11(16)8-14/h2-5,11,16H,6-8H2,1H3,(H,13,15)/t11-/m1/s1. The fourth-order valence-electron chi connectivity index (χ4n) is 1.99. The van der Waals surface area contributed by atoms with Crippen LogP contribution < -0.4 is 5.32 Å². The largest absolute Gasteiger partial charge is 0.392 e. The van der Waals surface area contributed by atoms with E-state index in [1.807, 2.05) is 0 Å². The van der Waals surface area contributed by atoms with Gasteiger partial charge in [0.15, 0.2) is 0 Å². The minimum absolute atomic E-state index is 0.135. The molecule has 1 aliphatic rings. The third kappa shape index (κ3) is 3.12. The van der Waals surface area contributed by atoms with E-state index in [1.165, 1.54) is 23.4 Å². The second-order valence-electron chi connectivity index (χ2n) is 4.51. The number of carbonyl (C=O) groups is 1. The molecule has 1 amide bonds. The van der Waals surface area contributed by atoms with E-state index in [9.17, 15) is 18.3 Å². The zero-order valence-electron chi connectivity index (χ0n) is 10.5. The number of nitrogens with one attached hydrogen (secondary N) is 1. The molecule has 104 valence electrons. The van der Waals surface area contributed by atoms with Crippen molar-refractivity contribution in [3.05, 3.63) is 24.3 Å². The smallest absolute Gasteiger partial charge is 0.243 e. The molecule has 0 unspecified atom stereocenters. The van der Waals surface area contributed by atoms with Gasteiger partial charge < -0.3 is 10.4 Å². The summed E-state index contributed by atoms with van der Waals surface area (Å²) < 4.78 is 25.8. The zero-order valence-corrected chi connectivity index (χ0v) is 11.4. The summed E-state index contributed by atoms with van der Waals surface area (Å²) in [5.74, 6) is -0.210. The topological polar surface area (TPSA) is 86.7 Å². The van der Waals surface area contributed by atoms with E-state index in [-0.39, 0.29) is 17.3 Å². The maximum absolute atomic E-state index is 12.2. The fourth-order valence-corrected chi connectivity index (χ4v) is 3.48. The molecule has 0 aliphatic carbocycles. The van der Waals surface area contributed by atoms with Crippen molar-refractivity contribution in [2.24, 2.45) is 0 Å². The van der Waals surface area contributed by atoms with Gasteiger partial charge >= 0.3 is 0 Å². The van der Waals surface area contributed by atoms with E-state index in [2.05, 4.69) is 5.32 Å². The number of sulfonamides is 1. The molecule has 1 fully saturated rings. The van der Waals surface area contributed by atoms with Gasteiger partial charge in [0.25, 0.3) is 0 Å². The lowest BCUT2D eigenvalue weighted by Gasteiger charge is -2.15. The molecule has 1 aliphatic heterocycles. The number of benzene rings is 1. The van der Waals surface area contributed by atoms with Crippen LogP contribution in [-0.4, -0.2) is 42.9 Å². The zero-order chi connectivity index (χ0) is 14.0. The van der Waals surface area contributed by atoms with Crippen molar-refractivity contribution in [3.8, 4) is 0 Å². The Balaban J connectivity index is 2.19. The lowest BCUT2D eigenvalue weighted by molar-refractivity contribution is -0.114. The Bertz CT molecular complexity index is 568. The summed E-state index contributed by atoms with van der Waals surface area (Å²) in [5.41, 5.74) is 0.549. The summed E-state index contributed by atoms with van der Waals surface area (Å²) in [7, 11) is -3.56. The van der Waals surface area contributed by atoms with Gasteiger partial charge in [-0.25, -0.2) is 8.42 Å². The van der Waals surface area contributed by atoms with Gasteiger partial charge in [-0.3, -0.25) is 4.79 Å². The lowest BCUT2D eigenvalue weighted by Crippen LogP contribution is -2.29. The first-order chi connectivity index (χ1) is 8.89. The molecule has 0 radical (unpaired) electrons. The molecule has 6 nitrogen and oxygen atoms in total. The predicted octanol–water partition coefficient (Wildman–Crippen LogP) is 0.400. The molecule has 19 heavy (non-hydrogen) atoms. The van der Waals surface area contributed by atoms with Crippen LogP contribution in [0.25, 0.3) is 0 Å². The SMILES string of the molecule is CC(=O)Nc1ccc(S(=O)(=O)N2CC[C@@H](O)C2)cc1. The number of carbonyl (C=O) groups excluding carboxylic acids is 1. The quantitative estimate of drug-likeness (QED) is 0.841. The summed E-state index contributed by atoms with van der Waals surface area (Å²) in [4.78, 5) is 11.0. The normalized spacial score (nSPS) is 20.4. The number of aliphatic hydroxyl groups is 1. The van der Waals surface area contributed by atoms with Crippen LogP contribution in [0.15, 0.2) is 29.2 Å². The second kappa shape index (κ2) is 5.28. The highest BCUT2D eigenvalue weighted by Gasteiger charge is 2.31.